The van der Waals surface area contributed by atoms with Crippen molar-refractivity contribution in [2.75, 3.05) is 50.2 Å². The molecule has 362 valence electrons. The fraction of sp³-hybridized carbons (Fsp3) is 0.529. The van der Waals surface area contributed by atoms with Crippen molar-refractivity contribution in [3.63, 3.8) is 0 Å². The lowest BCUT2D eigenvalue weighted by molar-refractivity contribution is -0.136. The molecule has 0 unspecified atom stereocenters. The Bertz CT molecular complexity index is 2510. The predicted molar refractivity (Wildman–Crippen MR) is 263 cm³/mol. The van der Waals surface area contributed by atoms with Crippen molar-refractivity contribution >= 4 is 69.0 Å². The van der Waals surface area contributed by atoms with Crippen LogP contribution in [0.15, 0.2) is 54.6 Å². The number of hydrogen-bond donors (Lipinski definition) is 4. The van der Waals surface area contributed by atoms with Crippen molar-refractivity contribution in [2.24, 2.45) is 11.8 Å². The summed E-state index contributed by atoms with van der Waals surface area (Å²) >= 11 is 7.21. The van der Waals surface area contributed by atoms with Crippen LogP contribution < -0.4 is 20.4 Å². The molecule has 4 fully saturated rings. The molecule has 0 aliphatic carbocycles. The van der Waals surface area contributed by atoms with Crippen molar-refractivity contribution < 1.29 is 28.7 Å². The largest absolute Gasteiger partial charge is 0.453 e. The van der Waals surface area contributed by atoms with Crippen LogP contribution in [0.25, 0.3) is 22.1 Å². The summed E-state index contributed by atoms with van der Waals surface area (Å²) < 4.78 is 9.68. The van der Waals surface area contributed by atoms with E-state index in [-0.39, 0.29) is 47.8 Å². The van der Waals surface area contributed by atoms with Crippen LogP contribution in [-0.2, 0) is 19.1 Å². The number of aromatic amines is 2. The highest BCUT2D eigenvalue weighted by Crippen LogP contribution is 2.49. The average Bonchev–Trinajstić information content (AvgIpc) is 4.20. The number of halogens is 1. The number of piperidine rings is 1. The molecule has 6 heterocycles. The van der Waals surface area contributed by atoms with E-state index < -0.39 is 24.3 Å². The molecule has 5 aromatic rings. The number of benzene rings is 3. The van der Waals surface area contributed by atoms with Gasteiger partial charge in [0.25, 0.3) is 0 Å². The van der Waals surface area contributed by atoms with E-state index in [1.54, 1.807) is 0 Å². The smallest absolute Gasteiger partial charge is 0.407 e. The SMILES string of the molecule is COC(=O)N[C@H](C(=O)N1CCC[C@H]1c1nc2cc([C@H]3CC[C@H](c4ccc5[nH]c([C@@H]6CCCN6C(=O)[C@@H](NC(=O)OC)C(C)C)nc5c4)N3c3ccc(N4CCCCC4)c(Cl)c3)ccc2[nH]1)C(C)C. The van der Waals surface area contributed by atoms with Gasteiger partial charge in [-0.3, -0.25) is 9.59 Å². The van der Waals surface area contributed by atoms with Crippen LogP contribution in [0.4, 0.5) is 21.0 Å². The predicted octanol–water partition coefficient (Wildman–Crippen LogP) is 9.25. The Morgan fingerprint density at radius 1 is 0.618 bits per heavy atom. The lowest BCUT2D eigenvalue weighted by Crippen LogP contribution is -2.51. The van der Waals surface area contributed by atoms with Crippen LogP contribution in [0.1, 0.15) is 132 Å². The fourth-order valence-electron chi connectivity index (χ4n) is 11.1. The number of carbonyl (C=O) groups excluding carboxylic acids is 4. The van der Waals surface area contributed by atoms with Gasteiger partial charge in [0.05, 0.1) is 71.2 Å². The van der Waals surface area contributed by atoms with Gasteiger partial charge in [0.1, 0.15) is 23.7 Å². The number of nitrogens with zero attached hydrogens (tertiary/aromatic N) is 6. The van der Waals surface area contributed by atoms with Gasteiger partial charge in [-0.25, -0.2) is 19.6 Å². The third-order valence-corrected chi connectivity index (χ3v) is 14.9. The number of aromatic nitrogens is 4. The number of alkyl carbamates (subject to hydrolysis) is 2. The number of rotatable bonds is 12. The molecular formula is C51H65ClN10O6. The van der Waals surface area contributed by atoms with E-state index in [1.807, 2.05) is 37.5 Å². The summed E-state index contributed by atoms with van der Waals surface area (Å²) in [5.41, 5.74) is 7.82. The minimum Gasteiger partial charge on any atom is -0.453 e. The van der Waals surface area contributed by atoms with Crippen molar-refractivity contribution in [2.45, 2.75) is 122 Å². The first kappa shape index (κ1) is 47.1. The first-order chi connectivity index (χ1) is 32.8. The van der Waals surface area contributed by atoms with Crippen molar-refractivity contribution in [1.29, 1.82) is 0 Å². The lowest BCUT2D eigenvalue weighted by atomic mass is 10.0. The van der Waals surface area contributed by atoms with Gasteiger partial charge < -0.3 is 49.7 Å². The number of H-pyrrole nitrogens is 2. The number of likely N-dealkylation sites (tertiary alicyclic amines) is 2. The van der Waals surface area contributed by atoms with Crippen LogP contribution in [0, 0.1) is 11.8 Å². The zero-order valence-corrected chi connectivity index (χ0v) is 40.8. The number of fused-ring (bicyclic) bond motifs is 2. The summed E-state index contributed by atoms with van der Waals surface area (Å²) in [6, 6.07) is 17.5. The molecule has 4 amide bonds. The monoisotopic (exact) mass is 948 g/mol. The van der Waals surface area contributed by atoms with E-state index in [0.717, 1.165) is 126 Å². The minimum atomic E-state index is -0.715. The summed E-state index contributed by atoms with van der Waals surface area (Å²) in [7, 11) is 2.60. The highest BCUT2D eigenvalue weighted by Gasteiger charge is 2.41. The van der Waals surface area contributed by atoms with Gasteiger partial charge in [-0.05, 0) is 123 Å². The van der Waals surface area contributed by atoms with Crippen molar-refractivity contribution in [3.8, 4) is 0 Å². The Morgan fingerprint density at radius 3 is 1.54 bits per heavy atom. The molecule has 0 radical (unpaired) electrons. The lowest BCUT2D eigenvalue weighted by Gasteiger charge is -2.35. The van der Waals surface area contributed by atoms with E-state index in [2.05, 4.69) is 85.0 Å². The second-order valence-corrected chi connectivity index (χ2v) is 20.0. The molecule has 4 N–H and O–H groups in total. The molecule has 68 heavy (non-hydrogen) atoms. The quantitative estimate of drug-likeness (QED) is 0.0942. The third-order valence-electron chi connectivity index (χ3n) is 14.6. The molecule has 9 rings (SSSR count). The molecular weight excluding hydrogens is 884 g/mol. The molecule has 0 saturated carbocycles. The van der Waals surface area contributed by atoms with Crippen LogP contribution in [0.2, 0.25) is 5.02 Å². The van der Waals surface area contributed by atoms with Crippen molar-refractivity contribution in [3.05, 3.63) is 82.4 Å². The molecule has 0 bridgehead atoms. The zero-order chi connectivity index (χ0) is 47.8. The minimum absolute atomic E-state index is 0.00166. The van der Waals surface area contributed by atoms with Crippen LogP contribution in [-0.4, -0.2) is 106 Å². The third kappa shape index (κ3) is 9.27. The maximum absolute atomic E-state index is 13.9. The van der Waals surface area contributed by atoms with Gasteiger partial charge in [0, 0.05) is 31.9 Å². The summed E-state index contributed by atoms with van der Waals surface area (Å²) in [5, 5.41) is 6.23. The normalized spacial score (nSPS) is 21.8. The van der Waals surface area contributed by atoms with E-state index in [9.17, 15) is 19.2 Å². The number of methoxy groups -OCH3 is 2. The molecule has 2 aromatic heterocycles. The highest BCUT2D eigenvalue weighted by molar-refractivity contribution is 6.33. The Kier molecular flexibility index (Phi) is 13.8. The maximum atomic E-state index is 13.9. The second kappa shape index (κ2) is 19.9. The molecule has 4 aliphatic heterocycles. The standard InChI is InChI=1S/C51H65ClN10O6/c1-29(2)44(57-50(65)67-5)48(63)60-24-10-12-42(60)46-53-35-17-14-31(26-37(35)55-46)39-20-21-40(62(39)33-16-19-41(34(52)28-33)59-22-8-7-9-23-59)32-15-18-36-38(27-32)56-47(54-36)43-13-11-25-61(43)49(64)45(30(3)4)58-51(66)68-6/h14-19,26-30,39-40,42-45H,7-13,20-25H2,1-6H3,(H,53,55)(H,54,56)(H,57,65)(H,58,66)/t39-,40-,42+,43+,44+,45+/m1/s1. The van der Waals surface area contributed by atoms with E-state index in [0.29, 0.717) is 13.1 Å². The van der Waals surface area contributed by atoms with Gasteiger partial charge in [0.15, 0.2) is 0 Å². The van der Waals surface area contributed by atoms with Crippen LogP contribution >= 0.6 is 11.6 Å². The average molecular weight is 950 g/mol. The van der Waals surface area contributed by atoms with Gasteiger partial charge in [-0.1, -0.05) is 51.4 Å². The topological polar surface area (TPSA) is 181 Å². The summed E-state index contributed by atoms with van der Waals surface area (Å²) in [5.74, 6) is 0.928. The Balaban J connectivity index is 1.02. The van der Waals surface area contributed by atoms with Gasteiger partial charge in [0.2, 0.25) is 11.8 Å². The number of nitrogens with one attached hydrogen (secondary N) is 4. The number of carbonyl (C=O) groups is 4. The van der Waals surface area contributed by atoms with Crippen LogP contribution in [0.5, 0.6) is 0 Å². The first-order valence-corrected chi connectivity index (χ1v) is 24.8. The number of hydrogen-bond acceptors (Lipinski definition) is 10. The molecule has 4 saturated heterocycles. The Hall–Kier alpha value is -6.03. The van der Waals surface area contributed by atoms with E-state index in [1.165, 1.54) is 20.6 Å². The van der Waals surface area contributed by atoms with E-state index >= 15 is 0 Å². The number of anilines is 2. The summed E-state index contributed by atoms with van der Waals surface area (Å²) in [6.45, 7) is 10.8. The number of imidazole rings is 2. The fourth-order valence-corrected chi connectivity index (χ4v) is 11.4. The molecule has 17 heteroatoms. The number of amides is 4. The zero-order valence-electron chi connectivity index (χ0n) is 40.0. The molecule has 4 aliphatic rings. The molecule has 0 spiro atoms. The van der Waals surface area contributed by atoms with Crippen molar-refractivity contribution in [1.82, 2.24) is 40.4 Å². The van der Waals surface area contributed by atoms with Gasteiger partial charge in [-0.15, -0.1) is 0 Å². The highest BCUT2D eigenvalue weighted by atomic mass is 35.5. The first-order valence-electron chi connectivity index (χ1n) is 24.4. The Morgan fingerprint density at radius 2 is 1.10 bits per heavy atom. The van der Waals surface area contributed by atoms with Crippen LogP contribution in [0.3, 0.4) is 0 Å². The molecule has 16 nitrogen and oxygen atoms in total. The van der Waals surface area contributed by atoms with E-state index in [4.69, 9.17) is 31.0 Å². The molecule has 6 atom stereocenters. The number of ether oxygens (including phenoxy) is 2. The summed E-state index contributed by atoms with van der Waals surface area (Å²) in [4.78, 5) is 78.2. The van der Waals surface area contributed by atoms with Gasteiger partial charge >= 0.3 is 12.2 Å². The van der Waals surface area contributed by atoms with Gasteiger partial charge in [-0.2, -0.15) is 0 Å². The maximum Gasteiger partial charge on any atom is 0.407 e. The Labute approximate surface area is 402 Å². The molecule has 3 aromatic carbocycles. The second-order valence-electron chi connectivity index (χ2n) is 19.6. The summed E-state index contributed by atoms with van der Waals surface area (Å²) in [6.07, 6.45) is 7.25.